The smallest absolute Gasteiger partial charge is 0.251 e. The summed E-state index contributed by atoms with van der Waals surface area (Å²) in [6.07, 6.45) is 4.28. The van der Waals surface area contributed by atoms with E-state index < -0.39 is 0 Å². The molecular weight excluding hydrogens is 214 g/mol. The van der Waals surface area contributed by atoms with Gasteiger partial charge in [-0.25, -0.2) is 0 Å². The Morgan fingerprint density at radius 3 is 2.65 bits per heavy atom. The van der Waals surface area contributed by atoms with Gasteiger partial charge in [-0.05, 0) is 25.0 Å². The molecule has 0 spiro atoms. The number of hydrogen-bond donors (Lipinski definition) is 2. The van der Waals surface area contributed by atoms with Crippen molar-refractivity contribution in [3.8, 4) is 0 Å². The van der Waals surface area contributed by atoms with Crippen molar-refractivity contribution >= 4 is 5.91 Å². The minimum absolute atomic E-state index is 0.0315. The standard InChI is InChI=1S/C14H19NO2/c16-10-12-8-4-5-9-13(12)15-14(17)11-6-2-1-3-7-11/h1-3,6-7,12-13,16H,4-5,8-10H2,(H,15,17). The van der Waals surface area contributed by atoms with Crippen LogP contribution >= 0.6 is 0 Å². The molecule has 2 rings (SSSR count). The zero-order valence-electron chi connectivity index (χ0n) is 9.93. The summed E-state index contributed by atoms with van der Waals surface area (Å²) in [5.74, 6) is 0.187. The number of aliphatic hydroxyl groups excluding tert-OH is 1. The van der Waals surface area contributed by atoms with E-state index in [9.17, 15) is 9.90 Å². The van der Waals surface area contributed by atoms with E-state index in [1.807, 2.05) is 30.3 Å². The lowest BCUT2D eigenvalue weighted by molar-refractivity contribution is 0.0872. The summed E-state index contributed by atoms with van der Waals surface area (Å²) in [6, 6.07) is 9.37. The maximum absolute atomic E-state index is 12.0. The van der Waals surface area contributed by atoms with Crippen molar-refractivity contribution in [3.63, 3.8) is 0 Å². The zero-order valence-corrected chi connectivity index (χ0v) is 9.93. The van der Waals surface area contributed by atoms with Crippen molar-refractivity contribution in [1.82, 2.24) is 5.32 Å². The number of carbonyl (C=O) groups excluding carboxylic acids is 1. The second-order valence-electron chi connectivity index (χ2n) is 4.67. The van der Waals surface area contributed by atoms with Crippen LogP contribution in [0.5, 0.6) is 0 Å². The Labute approximate surface area is 102 Å². The quantitative estimate of drug-likeness (QED) is 0.838. The molecule has 1 saturated carbocycles. The topological polar surface area (TPSA) is 49.3 Å². The number of benzene rings is 1. The van der Waals surface area contributed by atoms with Crippen LogP contribution in [0, 0.1) is 5.92 Å². The molecule has 2 unspecified atom stereocenters. The monoisotopic (exact) mass is 233 g/mol. The first-order valence-corrected chi connectivity index (χ1v) is 6.28. The third-order valence-electron chi connectivity index (χ3n) is 3.50. The largest absolute Gasteiger partial charge is 0.396 e. The molecule has 3 nitrogen and oxygen atoms in total. The summed E-state index contributed by atoms with van der Waals surface area (Å²) in [5, 5.41) is 12.3. The first kappa shape index (κ1) is 12.1. The van der Waals surface area contributed by atoms with E-state index >= 15 is 0 Å². The number of carbonyl (C=O) groups is 1. The molecule has 1 aromatic rings. The van der Waals surface area contributed by atoms with Gasteiger partial charge in [-0.15, -0.1) is 0 Å². The van der Waals surface area contributed by atoms with Gasteiger partial charge in [-0.2, -0.15) is 0 Å². The molecule has 0 bridgehead atoms. The summed E-state index contributed by atoms with van der Waals surface area (Å²) < 4.78 is 0. The van der Waals surface area contributed by atoms with E-state index in [0.29, 0.717) is 5.56 Å². The fourth-order valence-electron chi connectivity index (χ4n) is 2.46. The van der Waals surface area contributed by atoms with Gasteiger partial charge in [-0.1, -0.05) is 31.0 Å². The lowest BCUT2D eigenvalue weighted by Gasteiger charge is -2.30. The molecule has 0 saturated heterocycles. The van der Waals surface area contributed by atoms with Gasteiger partial charge >= 0.3 is 0 Å². The minimum Gasteiger partial charge on any atom is -0.396 e. The molecule has 1 fully saturated rings. The van der Waals surface area contributed by atoms with Crippen LogP contribution in [0.2, 0.25) is 0 Å². The van der Waals surface area contributed by atoms with Crippen LogP contribution in [0.15, 0.2) is 30.3 Å². The predicted octanol–water partition coefficient (Wildman–Crippen LogP) is 1.97. The van der Waals surface area contributed by atoms with Crippen LogP contribution in [-0.4, -0.2) is 23.7 Å². The van der Waals surface area contributed by atoms with Crippen molar-refractivity contribution in [1.29, 1.82) is 0 Å². The highest BCUT2D eigenvalue weighted by Gasteiger charge is 2.25. The number of hydrogen-bond acceptors (Lipinski definition) is 2. The Morgan fingerprint density at radius 1 is 1.24 bits per heavy atom. The molecule has 0 aromatic heterocycles. The van der Waals surface area contributed by atoms with Crippen molar-refractivity contribution in [2.24, 2.45) is 5.92 Å². The Bertz CT molecular complexity index is 364. The van der Waals surface area contributed by atoms with Crippen molar-refractivity contribution < 1.29 is 9.90 Å². The second kappa shape index (κ2) is 5.82. The Kier molecular flexibility index (Phi) is 4.15. The van der Waals surface area contributed by atoms with E-state index in [0.717, 1.165) is 25.7 Å². The van der Waals surface area contributed by atoms with Crippen molar-refractivity contribution in [2.45, 2.75) is 31.7 Å². The second-order valence-corrected chi connectivity index (χ2v) is 4.67. The summed E-state index contributed by atoms with van der Waals surface area (Å²) in [4.78, 5) is 12.0. The lowest BCUT2D eigenvalue weighted by atomic mass is 9.85. The first-order chi connectivity index (χ1) is 8.31. The highest BCUT2D eigenvalue weighted by Crippen LogP contribution is 2.24. The molecule has 1 amide bonds. The Balaban J connectivity index is 1.98. The Morgan fingerprint density at radius 2 is 1.94 bits per heavy atom. The minimum atomic E-state index is -0.0315. The molecule has 2 atom stereocenters. The SMILES string of the molecule is O=C(NC1CCCCC1CO)c1ccccc1. The summed E-state index contributed by atoms with van der Waals surface area (Å²) in [6.45, 7) is 0.166. The van der Waals surface area contributed by atoms with E-state index in [2.05, 4.69) is 5.32 Å². The molecule has 17 heavy (non-hydrogen) atoms. The van der Waals surface area contributed by atoms with Gasteiger partial charge in [0.25, 0.3) is 5.91 Å². The van der Waals surface area contributed by atoms with Crippen LogP contribution < -0.4 is 5.32 Å². The molecule has 0 heterocycles. The average Bonchev–Trinajstić information content (AvgIpc) is 2.40. The van der Waals surface area contributed by atoms with Gasteiger partial charge in [0.15, 0.2) is 0 Å². The van der Waals surface area contributed by atoms with E-state index in [1.165, 1.54) is 0 Å². The van der Waals surface area contributed by atoms with Crippen LogP contribution in [-0.2, 0) is 0 Å². The van der Waals surface area contributed by atoms with Crippen LogP contribution in [0.4, 0.5) is 0 Å². The third kappa shape index (κ3) is 3.07. The summed E-state index contributed by atoms with van der Waals surface area (Å²) in [5.41, 5.74) is 0.690. The van der Waals surface area contributed by atoms with Gasteiger partial charge in [0.2, 0.25) is 0 Å². The molecule has 0 aliphatic heterocycles. The number of rotatable bonds is 3. The van der Waals surface area contributed by atoms with Crippen molar-refractivity contribution in [2.75, 3.05) is 6.61 Å². The normalized spacial score (nSPS) is 24.3. The molecular formula is C14H19NO2. The number of aliphatic hydroxyl groups is 1. The molecule has 3 heteroatoms. The van der Waals surface area contributed by atoms with E-state index in [-0.39, 0.29) is 24.5 Å². The van der Waals surface area contributed by atoms with E-state index in [1.54, 1.807) is 0 Å². The predicted molar refractivity (Wildman–Crippen MR) is 66.7 cm³/mol. The average molecular weight is 233 g/mol. The van der Waals surface area contributed by atoms with Gasteiger partial charge in [0, 0.05) is 24.1 Å². The highest BCUT2D eigenvalue weighted by molar-refractivity contribution is 5.94. The molecule has 1 aliphatic rings. The first-order valence-electron chi connectivity index (χ1n) is 6.28. The number of amides is 1. The van der Waals surface area contributed by atoms with Crippen molar-refractivity contribution in [3.05, 3.63) is 35.9 Å². The van der Waals surface area contributed by atoms with Gasteiger partial charge in [0.1, 0.15) is 0 Å². The summed E-state index contributed by atoms with van der Waals surface area (Å²) >= 11 is 0. The number of nitrogens with one attached hydrogen (secondary N) is 1. The third-order valence-corrected chi connectivity index (χ3v) is 3.50. The molecule has 0 radical (unpaired) electrons. The van der Waals surface area contributed by atoms with Gasteiger partial charge in [0.05, 0.1) is 0 Å². The maximum Gasteiger partial charge on any atom is 0.251 e. The fourth-order valence-corrected chi connectivity index (χ4v) is 2.46. The Hall–Kier alpha value is -1.35. The molecule has 1 aromatic carbocycles. The zero-order chi connectivity index (χ0) is 12.1. The highest BCUT2D eigenvalue weighted by atomic mass is 16.3. The fraction of sp³-hybridized carbons (Fsp3) is 0.500. The summed E-state index contributed by atoms with van der Waals surface area (Å²) in [7, 11) is 0. The van der Waals surface area contributed by atoms with Gasteiger partial charge < -0.3 is 10.4 Å². The van der Waals surface area contributed by atoms with Gasteiger partial charge in [-0.3, -0.25) is 4.79 Å². The van der Waals surface area contributed by atoms with Crippen LogP contribution in [0.25, 0.3) is 0 Å². The molecule has 2 N–H and O–H groups in total. The lowest BCUT2D eigenvalue weighted by Crippen LogP contribution is -2.43. The van der Waals surface area contributed by atoms with Crippen LogP contribution in [0.3, 0.4) is 0 Å². The maximum atomic E-state index is 12.0. The molecule has 92 valence electrons. The van der Waals surface area contributed by atoms with E-state index in [4.69, 9.17) is 0 Å². The molecule has 1 aliphatic carbocycles. The van der Waals surface area contributed by atoms with Crippen LogP contribution in [0.1, 0.15) is 36.0 Å².